The fraction of sp³-hybridized carbons (Fsp3) is 0.381. The summed E-state index contributed by atoms with van der Waals surface area (Å²) >= 11 is 0. The fourth-order valence-electron chi connectivity index (χ4n) is 3.18. The van der Waals surface area contributed by atoms with Crippen LogP contribution in [0.5, 0.6) is 0 Å². The van der Waals surface area contributed by atoms with Crippen molar-refractivity contribution in [1.82, 2.24) is 19.5 Å². The third kappa shape index (κ3) is 5.20. The van der Waals surface area contributed by atoms with E-state index >= 15 is 0 Å². The van der Waals surface area contributed by atoms with E-state index in [-0.39, 0.29) is 17.0 Å². The minimum Gasteiger partial charge on any atom is -0.306 e. The van der Waals surface area contributed by atoms with Gasteiger partial charge in [-0.3, -0.25) is 4.79 Å². The lowest BCUT2D eigenvalue weighted by Gasteiger charge is -2.20. The van der Waals surface area contributed by atoms with Gasteiger partial charge >= 0.3 is 6.18 Å². The van der Waals surface area contributed by atoms with E-state index in [0.717, 1.165) is 11.6 Å². The third-order valence-corrected chi connectivity index (χ3v) is 4.78. The van der Waals surface area contributed by atoms with Gasteiger partial charge in [-0.1, -0.05) is 36.2 Å². The maximum absolute atomic E-state index is 13.2. The molecule has 0 aliphatic carbocycles. The van der Waals surface area contributed by atoms with E-state index in [1.54, 1.807) is 24.3 Å². The Morgan fingerprint density at radius 1 is 1.03 bits per heavy atom. The molecular weight excluding hydrogens is 381 g/mol. The number of hydrogen-bond acceptors (Lipinski definition) is 4. The van der Waals surface area contributed by atoms with Gasteiger partial charge in [0.25, 0.3) is 0 Å². The van der Waals surface area contributed by atoms with Gasteiger partial charge in [0.05, 0.1) is 5.69 Å². The maximum Gasteiger partial charge on any atom is 0.433 e. The highest BCUT2D eigenvalue weighted by atomic mass is 19.4. The lowest BCUT2D eigenvalue weighted by atomic mass is 10.1. The van der Waals surface area contributed by atoms with E-state index in [2.05, 4.69) is 22.0 Å². The molecule has 0 atom stereocenters. The zero-order valence-corrected chi connectivity index (χ0v) is 16.4. The highest BCUT2D eigenvalue weighted by molar-refractivity contribution is 5.75. The summed E-state index contributed by atoms with van der Waals surface area (Å²) in [4.78, 5) is 17.3. The predicted molar refractivity (Wildman–Crippen MR) is 105 cm³/mol. The van der Waals surface area contributed by atoms with E-state index in [0.29, 0.717) is 16.4 Å². The van der Waals surface area contributed by atoms with Gasteiger partial charge in [-0.05, 0) is 46.0 Å². The molecule has 1 aliphatic rings. The number of fused-ring (bicyclic) bond motifs is 1. The number of nitrogens with zero attached hydrogens (tertiary/aromatic N) is 4. The largest absolute Gasteiger partial charge is 0.433 e. The number of carbonyl (C=O) groups is 1. The van der Waals surface area contributed by atoms with E-state index in [9.17, 15) is 18.0 Å². The van der Waals surface area contributed by atoms with Crippen LogP contribution in [0.4, 0.5) is 13.2 Å². The number of aldehydes is 1. The molecule has 0 spiro atoms. The van der Waals surface area contributed by atoms with Crippen LogP contribution in [0.3, 0.4) is 0 Å². The van der Waals surface area contributed by atoms with Crippen LogP contribution in [-0.2, 0) is 6.18 Å². The normalized spacial score (nSPS) is 15.1. The quantitative estimate of drug-likeness (QED) is 0.584. The molecule has 1 fully saturated rings. The van der Waals surface area contributed by atoms with Gasteiger partial charge < -0.3 is 4.90 Å². The fourth-order valence-corrected chi connectivity index (χ4v) is 3.18. The Hall–Kier alpha value is -2.74. The van der Waals surface area contributed by atoms with Gasteiger partial charge in [-0.15, -0.1) is 0 Å². The Morgan fingerprint density at radius 2 is 1.69 bits per heavy atom. The molecule has 3 heterocycles. The van der Waals surface area contributed by atoms with Crippen LogP contribution < -0.4 is 0 Å². The highest BCUT2D eigenvalue weighted by Gasteiger charge is 2.35. The standard InChI is InChI=1S/C15H10F3N3O.C6H13N/c1-9-2-4-10(5-3-9)12-7-13(15(16,17)18)21-14(19-12)6-11(8-22)20-21;1-7-5-3-2-4-6-7/h2-8H,1H3;2-6H2,1H3. The second-order valence-electron chi connectivity index (χ2n) is 7.21. The van der Waals surface area contributed by atoms with Crippen molar-refractivity contribution in [2.45, 2.75) is 32.4 Å². The topological polar surface area (TPSA) is 50.5 Å². The number of carbonyl (C=O) groups excluding carboxylic acids is 1. The first-order chi connectivity index (χ1) is 13.8. The number of halogens is 3. The molecule has 3 aromatic rings. The van der Waals surface area contributed by atoms with Crippen LogP contribution in [0, 0.1) is 6.92 Å². The Labute approximate surface area is 167 Å². The second-order valence-corrected chi connectivity index (χ2v) is 7.21. The molecule has 0 bridgehead atoms. The van der Waals surface area contributed by atoms with E-state index < -0.39 is 11.9 Å². The van der Waals surface area contributed by atoms with Crippen LogP contribution in [-0.4, -0.2) is 45.9 Å². The molecular formula is C21H23F3N4O. The molecule has 2 aromatic heterocycles. The molecule has 0 N–H and O–H groups in total. The SMILES string of the molecule is CN1CCCCC1.Cc1ccc(-c2cc(C(F)(F)F)n3nc(C=O)cc3n2)cc1. The lowest BCUT2D eigenvalue weighted by Crippen LogP contribution is -2.24. The Morgan fingerprint density at radius 3 is 2.21 bits per heavy atom. The first-order valence-electron chi connectivity index (χ1n) is 9.47. The summed E-state index contributed by atoms with van der Waals surface area (Å²) in [6.45, 7) is 4.52. The van der Waals surface area contributed by atoms with Gasteiger partial charge in [-0.2, -0.15) is 18.3 Å². The van der Waals surface area contributed by atoms with Crippen molar-refractivity contribution in [3.63, 3.8) is 0 Å². The van der Waals surface area contributed by atoms with Crippen LogP contribution in [0.2, 0.25) is 0 Å². The zero-order chi connectivity index (χ0) is 21.0. The van der Waals surface area contributed by atoms with E-state index in [1.807, 2.05) is 6.92 Å². The predicted octanol–water partition coefficient (Wildman–Crippen LogP) is 4.64. The van der Waals surface area contributed by atoms with Crippen molar-refractivity contribution in [3.05, 3.63) is 53.3 Å². The molecule has 1 saturated heterocycles. The number of likely N-dealkylation sites (tertiary alicyclic amines) is 1. The van der Waals surface area contributed by atoms with Gasteiger partial charge in [0.15, 0.2) is 17.6 Å². The third-order valence-electron chi connectivity index (χ3n) is 4.78. The number of alkyl halides is 3. The van der Waals surface area contributed by atoms with Gasteiger partial charge in [0.2, 0.25) is 0 Å². The maximum atomic E-state index is 13.2. The van der Waals surface area contributed by atoms with Crippen LogP contribution in [0.25, 0.3) is 16.9 Å². The number of hydrogen-bond donors (Lipinski definition) is 0. The summed E-state index contributed by atoms with van der Waals surface area (Å²) in [6, 6.07) is 9.14. The molecule has 1 aromatic carbocycles. The zero-order valence-electron chi connectivity index (χ0n) is 16.4. The second kappa shape index (κ2) is 8.73. The van der Waals surface area contributed by atoms with Crippen molar-refractivity contribution < 1.29 is 18.0 Å². The molecule has 1 aliphatic heterocycles. The number of piperidine rings is 1. The summed E-state index contributed by atoms with van der Waals surface area (Å²) in [5.41, 5.74) is 0.644. The molecule has 154 valence electrons. The number of aromatic nitrogens is 3. The smallest absolute Gasteiger partial charge is 0.306 e. The first-order valence-corrected chi connectivity index (χ1v) is 9.47. The van der Waals surface area contributed by atoms with E-state index in [1.165, 1.54) is 38.4 Å². The monoisotopic (exact) mass is 404 g/mol. The van der Waals surface area contributed by atoms with Gasteiger partial charge in [0, 0.05) is 11.6 Å². The Balaban J connectivity index is 0.000000290. The Kier molecular flexibility index (Phi) is 6.32. The van der Waals surface area contributed by atoms with Crippen molar-refractivity contribution in [2.75, 3.05) is 20.1 Å². The van der Waals surface area contributed by atoms with Crippen molar-refractivity contribution >= 4 is 11.9 Å². The number of rotatable bonds is 2. The average molecular weight is 404 g/mol. The summed E-state index contributed by atoms with van der Waals surface area (Å²) < 4.78 is 40.3. The molecule has 0 amide bonds. The number of aryl methyl sites for hydroxylation is 1. The summed E-state index contributed by atoms with van der Waals surface area (Å²) in [5, 5.41) is 3.61. The Bertz CT molecular complexity index is 974. The van der Waals surface area contributed by atoms with Crippen molar-refractivity contribution in [2.24, 2.45) is 0 Å². The highest BCUT2D eigenvalue weighted by Crippen LogP contribution is 2.32. The molecule has 0 radical (unpaired) electrons. The van der Waals surface area contributed by atoms with Crippen molar-refractivity contribution in [3.8, 4) is 11.3 Å². The average Bonchev–Trinajstić information content (AvgIpc) is 3.11. The molecule has 29 heavy (non-hydrogen) atoms. The molecule has 4 rings (SSSR count). The number of benzene rings is 1. The van der Waals surface area contributed by atoms with Gasteiger partial charge in [0.1, 0.15) is 5.69 Å². The summed E-state index contributed by atoms with van der Waals surface area (Å²) in [7, 11) is 2.19. The minimum absolute atomic E-state index is 0.0208. The summed E-state index contributed by atoms with van der Waals surface area (Å²) in [5.74, 6) is 0. The van der Waals surface area contributed by atoms with Gasteiger partial charge in [-0.25, -0.2) is 9.50 Å². The molecule has 0 unspecified atom stereocenters. The van der Waals surface area contributed by atoms with E-state index in [4.69, 9.17) is 0 Å². The van der Waals surface area contributed by atoms with Crippen LogP contribution in [0.1, 0.15) is 41.0 Å². The summed E-state index contributed by atoms with van der Waals surface area (Å²) in [6.07, 6.45) is 0.0601. The lowest BCUT2D eigenvalue weighted by molar-refractivity contribution is -0.142. The van der Waals surface area contributed by atoms with Crippen molar-refractivity contribution in [1.29, 1.82) is 0 Å². The molecule has 5 nitrogen and oxygen atoms in total. The minimum atomic E-state index is -4.60. The molecule has 8 heteroatoms. The van der Waals surface area contributed by atoms with Crippen LogP contribution >= 0.6 is 0 Å². The van der Waals surface area contributed by atoms with Crippen LogP contribution in [0.15, 0.2) is 36.4 Å². The molecule has 0 saturated carbocycles. The first kappa shape index (κ1) is 21.0.